The highest BCUT2D eigenvalue weighted by atomic mass is 32.1. The number of aryl methyl sites for hydroxylation is 2. The summed E-state index contributed by atoms with van der Waals surface area (Å²) in [5, 5.41) is 1.26. The number of hydrogen-bond donors (Lipinski definition) is 0. The molecule has 5 aliphatic heterocycles. The van der Waals surface area contributed by atoms with Gasteiger partial charge in [-0.1, -0.05) is 26.8 Å². The van der Waals surface area contributed by atoms with Gasteiger partial charge in [-0.05, 0) is 102 Å². The molecule has 5 aromatic carbocycles. The molecule has 294 valence electrons. The van der Waals surface area contributed by atoms with Gasteiger partial charge in [0, 0.05) is 68.9 Å². The maximum atomic E-state index is 6.51. The molecule has 0 saturated heterocycles. The van der Waals surface area contributed by atoms with Crippen LogP contribution < -0.4 is 53.9 Å². The van der Waals surface area contributed by atoms with Crippen LogP contribution in [0.1, 0.15) is 62.3 Å². The maximum Gasteiger partial charge on any atom is 0.264 e. The molecule has 58 heavy (non-hydrogen) atoms. The first kappa shape index (κ1) is 35.7. The van der Waals surface area contributed by atoms with E-state index in [4.69, 9.17) is 28.4 Å². The van der Waals surface area contributed by atoms with Crippen molar-refractivity contribution in [2.45, 2.75) is 66.2 Å². The van der Waals surface area contributed by atoms with E-state index >= 15 is 0 Å². The summed E-state index contributed by atoms with van der Waals surface area (Å²) in [7, 11) is 0. The minimum Gasteiger partial charge on any atom is -0.490 e. The Balaban J connectivity index is 1.25. The minimum absolute atomic E-state index is 0.0270. The molecule has 0 saturated carbocycles. The Morgan fingerprint density at radius 2 is 1.22 bits per heavy atom. The zero-order chi connectivity index (χ0) is 39.4. The van der Waals surface area contributed by atoms with Crippen molar-refractivity contribution in [3.05, 3.63) is 89.0 Å². The number of benzene rings is 5. The molecule has 6 aromatic rings. The highest BCUT2D eigenvalue weighted by molar-refractivity contribution is 7.33. The molecule has 0 atom stereocenters. The van der Waals surface area contributed by atoms with Crippen LogP contribution in [0.4, 0.5) is 34.1 Å². The molecule has 5 aliphatic rings. The Labute approximate surface area is 344 Å². The highest BCUT2D eigenvalue weighted by Crippen LogP contribution is 2.53. The monoisotopic (exact) mass is 790 g/mol. The molecule has 0 spiro atoms. The van der Waals surface area contributed by atoms with E-state index in [2.05, 4.69) is 118 Å². The second-order valence-corrected chi connectivity index (χ2v) is 18.3. The lowest BCUT2D eigenvalue weighted by Crippen LogP contribution is -2.60. The van der Waals surface area contributed by atoms with Crippen LogP contribution in [0.15, 0.2) is 66.7 Å². The lowest BCUT2D eigenvalue weighted by Gasteiger charge is -2.44. The van der Waals surface area contributed by atoms with Crippen molar-refractivity contribution in [3.8, 4) is 34.5 Å². The molecule has 0 radical (unpaired) electrons. The lowest BCUT2D eigenvalue weighted by atomic mass is 9.36. The first-order valence-electron chi connectivity index (χ1n) is 20.7. The highest BCUT2D eigenvalue weighted by Gasteiger charge is 2.47. The largest absolute Gasteiger partial charge is 0.490 e. The molecule has 0 amide bonds. The van der Waals surface area contributed by atoms with E-state index < -0.39 is 0 Å². The molecule has 0 fully saturated rings. The fourth-order valence-electron chi connectivity index (χ4n) is 9.50. The SMILES string of the molecule is Cc1cc2c3c(c1)N(c1c(C)cc4c(c1C)OCCCO4)c1c(sc4ccc(C(C)(C)C)cc14)B3c1cc3c(cc1N2c1ccc2c(c1)OCCCO2)OCCCO3. The van der Waals surface area contributed by atoms with Crippen LogP contribution in [0.5, 0.6) is 34.5 Å². The van der Waals surface area contributed by atoms with Crippen molar-refractivity contribution in [1.29, 1.82) is 0 Å². The summed E-state index contributed by atoms with van der Waals surface area (Å²) in [6.45, 7) is 17.2. The quantitative estimate of drug-likeness (QED) is 0.161. The van der Waals surface area contributed by atoms with Crippen molar-refractivity contribution in [2.24, 2.45) is 0 Å². The van der Waals surface area contributed by atoms with Crippen molar-refractivity contribution in [2.75, 3.05) is 49.4 Å². The smallest absolute Gasteiger partial charge is 0.264 e. The molecule has 0 unspecified atom stereocenters. The third kappa shape index (κ3) is 5.47. The van der Waals surface area contributed by atoms with Crippen molar-refractivity contribution in [1.82, 2.24) is 0 Å². The first-order chi connectivity index (χ1) is 28.1. The van der Waals surface area contributed by atoms with E-state index in [0.29, 0.717) is 39.6 Å². The van der Waals surface area contributed by atoms with Crippen LogP contribution in [0, 0.1) is 20.8 Å². The molecular formula is C48H47BN2O6S. The Kier molecular flexibility index (Phi) is 8.17. The predicted molar refractivity (Wildman–Crippen MR) is 236 cm³/mol. The summed E-state index contributed by atoms with van der Waals surface area (Å²) in [5.41, 5.74) is 13.8. The normalized spacial score (nSPS) is 16.6. The summed E-state index contributed by atoms with van der Waals surface area (Å²) in [6.07, 6.45) is 2.52. The van der Waals surface area contributed by atoms with Crippen LogP contribution in [0.25, 0.3) is 10.1 Å². The van der Waals surface area contributed by atoms with Gasteiger partial charge in [-0.15, -0.1) is 11.3 Å². The third-order valence-electron chi connectivity index (χ3n) is 12.2. The fourth-order valence-corrected chi connectivity index (χ4v) is 10.8. The van der Waals surface area contributed by atoms with E-state index in [1.165, 1.54) is 37.0 Å². The topological polar surface area (TPSA) is 61.9 Å². The second-order valence-electron chi connectivity index (χ2n) is 17.2. The number of fused-ring (bicyclic) bond motifs is 9. The van der Waals surface area contributed by atoms with Gasteiger partial charge in [-0.25, -0.2) is 0 Å². The average Bonchev–Trinajstić information content (AvgIpc) is 3.45. The van der Waals surface area contributed by atoms with Crippen molar-refractivity contribution < 1.29 is 28.4 Å². The summed E-state index contributed by atoms with van der Waals surface area (Å²) in [5.74, 6) is 4.75. The molecule has 0 aliphatic carbocycles. The number of ether oxygens (including phenoxy) is 6. The average molecular weight is 791 g/mol. The van der Waals surface area contributed by atoms with Crippen molar-refractivity contribution >= 4 is 78.0 Å². The predicted octanol–water partition coefficient (Wildman–Crippen LogP) is 9.69. The zero-order valence-electron chi connectivity index (χ0n) is 34.0. The van der Waals surface area contributed by atoms with Gasteiger partial charge in [0.15, 0.2) is 34.5 Å². The van der Waals surface area contributed by atoms with Gasteiger partial charge in [0.1, 0.15) is 0 Å². The Hall–Kier alpha value is -5.48. The Morgan fingerprint density at radius 3 is 1.95 bits per heavy atom. The standard InChI is InChI=1S/C48H47BN2O6S/c1-27-20-35-43-36(21-27)51(44-28(2)22-41-46(29(44)3)57-19-9-18-56-41)45-32-23-30(48(4,5)6)10-13-42(32)58-47(45)49(43)33-25-39-40(55-17-8-16-54-39)26-34(33)50(35)31-11-12-37-38(24-31)53-15-7-14-52-37/h10-13,20-26H,7-9,14-19H2,1-6H3. The lowest BCUT2D eigenvalue weighted by molar-refractivity contribution is 0.296. The first-order valence-corrected chi connectivity index (χ1v) is 21.5. The van der Waals surface area contributed by atoms with Crippen LogP contribution in [0.3, 0.4) is 0 Å². The van der Waals surface area contributed by atoms with Crippen LogP contribution in [-0.2, 0) is 5.41 Å². The Morgan fingerprint density at radius 1 is 0.586 bits per heavy atom. The van der Waals surface area contributed by atoms with Gasteiger partial charge < -0.3 is 38.2 Å². The van der Waals surface area contributed by atoms with Gasteiger partial charge in [0.2, 0.25) is 0 Å². The van der Waals surface area contributed by atoms with Crippen LogP contribution >= 0.6 is 11.3 Å². The van der Waals surface area contributed by atoms with Gasteiger partial charge in [0.05, 0.1) is 56.7 Å². The summed E-state index contributed by atoms with van der Waals surface area (Å²) in [6, 6.07) is 24.8. The number of hydrogen-bond acceptors (Lipinski definition) is 9. The number of anilines is 6. The van der Waals surface area contributed by atoms with Gasteiger partial charge in [-0.3, -0.25) is 0 Å². The Bertz CT molecular complexity index is 2680. The molecule has 6 heterocycles. The fraction of sp³-hybridized carbons (Fsp3) is 0.333. The van der Waals surface area contributed by atoms with E-state index in [1.807, 2.05) is 11.3 Å². The van der Waals surface area contributed by atoms with E-state index in [0.717, 1.165) is 98.9 Å². The molecule has 0 N–H and O–H groups in total. The van der Waals surface area contributed by atoms with E-state index in [9.17, 15) is 0 Å². The van der Waals surface area contributed by atoms with E-state index in [1.54, 1.807) is 0 Å². The van der Waals surface area contributed by atoms with Gasteiger partial charge in [0.25, 0.3) is 6.71 Å². The van der Waals surface area contributed by atoms with Crippen molar-refractivity contribution in [3.63, 3.8) is 0 Å². The third-order valence-corrected chi connectivity index (χ3v) is 13.4. The number of thiophene rings is 1. The van der Waals surface area contributed by atoms with Crippen LogP contribution in [-0.4, -0.2) is 46.4 Å². The molecule has 1 aromatic heterocycles. The molecular weight excluding hydrogens is 743 g/mol. The summed E-state index contributed by atoms with van der Waals surface area (Å²) < 4.78 is 40.7. The molecule has 8 nitrogen and oxygen atoms in total. The molecule has 0 bridgehead atoms. The van der Waals surface area contributed by atoms with Gasteiger partial charge >= 0.3 is 0 Å². The molecule has 11 rings (SSSR count). The van der Waals surface area contributed by atoms with E-state index in [-0.39, 0.29) is 12.1 Å². The molecule has 10 heteroatoms. The minimum atomic E-state index is -0.0721. The van der Waals surface area contributed by atoms with Gasteiger partial charge in [-0.2, -0.15) is 0 Å². The number of nitrogens with zero attached hydrogens (tertiary/aromatic N) is 2. The number of rotatable bonds is 2. The summed E-state index contributed by atoms with van der Waals surface area (Å²) >= 11 is 1.90. The summed E-state index contributed by atoms with van der Waals surface area (Å²) in [4.78, 5) is 4.96. The second kappa shape index (κ2) is 13.3. The van der Waals surface area contributed by atoms with Crippen LogP contribution in [0.2, 0.25) is 0 Å². The zero-order valence-corrected chi connectivity index (χ0v) is 34.9. The maximum absolute atomic E-state index is 6.51.